The molecule has 1 aromatic heterocycles. The summed E-state index contributed by atoms with van der Waals surface area (Å²) in [6, 6.07) is 5.54. The van der Waals surface area contributed by atoms with Gasteiger partial charge >= 0.3 is 0 Å². The van der Waals surface area contributed by atoms with Gasteiger partial charge in [-0.2, -0.15) is 0 Å². The molecule has 1 unspecified atom stereocenters. The van der Waals surface area contributed by atoms with E-state index in [1.54, 1.807) is 26.7 Å². The van der Waals surface area contributed by atoms with E-state index in [-0.39, 0.29) is 6.04 Å². The number of aromatic nitrogens is 2. The maximum Gasteiger partial charge on any atom is 0.146 e. The molecule has 2 aromatic rings. The number of hydrogen-bond acceptors (Lipinski definition) is 4. The van der Waals surface area contributed by atoms with E-state index in [2.05, 4.69) is 4.98 Å². The molecule has 2 rings (SSSR count). The molecule has 0 radical (unpaired) electrons. The molecule has 0 aliphatic rings. The summed E-state index contributed by atoms with van der Waals surface area (Å²) < 4.78 is 12.5. The standard InChI is InChI=1S/C13H17N3O2/c1-9(14)12-7-15-8-16(12)11-5-4-10(17-2)6-13(11)18-3/h4-9H,14H2,1-3H3. The first kappa shape index (κ1) is 12.4. The van der Waals surface area contributed by atoms with Gasteiger partial charge in [0.25, 0.3) is 0 Å². The van der Waals surface area contributed by atoms with E-state index in [1.807, 2.05) is 29.7 Å². The maximum atomic E-state index is 5.92. The number of methoxy groups -OCH3 is 2. The van der Waals surface area contributed by atoms with Crippen molar-refractivity contribution < 1.29 is 9.47 Å². The van der Waals surface area contributed by atoms with Gasteiger partial charge in [0, 0.05) is 12.1 Å². The van der Waals surface area contributed by atoms with Crippen LogP contribution in [0.5, 0.6) is 11.5 Å². The molecule has 0 amide bonds. The summed E-state index contributed by atoms with van der Waals surface area (Å²) >= 11 is 0. The van der Waals surface area contributed by atoms with Crippen LogP contribution in [0.4, 0.5) is 0 Å². The van der Waals surface area contributed by atoms with E-state index in [1.165, 1.54) is 0 Å². The van der Waals surface area contributed by atoms with E-state index >= 15 is 0 Å². The number of ether oxygens (including phenoxy) is 2. The first-order valence-electron chi connectivity index (χ1n) is 5.67. The lowest BCUT2D eigenvalue weighted by Gasteiger charge is -2.15. The summed E-state index contributed by atoms with van der Waals surface area (Å²) in [7, 11) is 3.25. The van der Waals surface area contributed by atoms with Crippen LogP contribution in [0.1, 0.15) is 18.7 Å². The van der Waals surface area contributed by atoms with Gasteiger partial charge in [-0.15, -0.1) is 0 Å². The van der Waals surface area contributed by atoms with Gasteiger partial charge in [-0.1, -0.05) is 0 Å². The molecule has 1 atom stereocenters. The molecule has 18 heavy (non-hydrogen) atoms. The summed E-state index contributed by atoms with van der Waals surface area (Å²) in [5.74, 6) is 1.47. The zero-order valence-electron chi connectivity index (χ0n) is 10.8. The smallest absolute Gasteiger partial charge is 0.146 e. The lowest BCUT2D eigenvalue weighted by Crippen LogP contribution is -2.11. The minimum Gasteiger partial charge on any atom is -0.497 e. The summed E-state index contributed by atoms with van der Waals surface area (Å²) in [5.41, 5.74) is 7.74. The van der Waals surface area contributed by atoms with Gasteiger partial charge in [-0.25, -0.2) is 4.98 Å². The van der Waals surface area contributed by atoms with Crippen LogP contribution in [0.2, 0.25) is 0 Å². The number of nitrogens with zero attached hydrogens (tertiary/aromatic N) is 2. The van der Waals surface area contributed by atoms with E-state index in [0.717, 1.165) is 17.1 Å². The van der Waals surface area contributed by atoms with Gasteiger partial charge in [-0.05, 0) is 19.1 Å². The molecule has 0 aliphatic carbocycles. The van der Waals surface area contributed by atoms with Crippen LogP contribution in [0.25, 0.3) is 5.69 Å². The fourth-order valence-corrected chi connectivity index (χ4v) is 1.83. The molecule has 96 valence electrons. The van der Waals surface area contributed by atoms with Crippen LogP contribution in [0.15, 0.2) is 30.7 Å². The molecule has 1 aromatic carbocycles. The SMILES string of the molecule is COc1ccc(-n2cncc2C(C)N)c(OC)c1. The number of benzene rings is 1. The van der Waals surface area contributed by atoms with Crippen LogP contribution in [-0.4, -0.2) is 23.8 Å². The Morgan fingerprint density at radius 3 is 2.67 bits per heavy atom. The Morgan fingerprint density at radius 1 is 1.28 bits per heavy atom. The summed E-state index contributed by atoms with van der Waals surface area (Å²) in [4.78, 5) is 4.13. The summed E-state index contributed by atoms with van der Waals surface area (Å²) in [6.07, 6.45) is 3.48. The van der Waals surface area contributed by atoms with Crippen molar-refractivity contribution >= 4 is 0 Å². The Hall–Kier alpha value is -2.01. The van der Waals surface area contributed by atoms with Crippen LogP contribution >= 0.6 is 0 Å². The summed E-state index contributed by atoms with van der Waals surface area (Å²) in [6.45, 7) is 1.92. The molecular weight excluding hydrogens is 230 g/mol. The van der Waals surface area contributed by atoms with E-state index in [4.69, 9.17) is 15.2 Å². The quantitative estimate of drug-likeness (QED) is 0.896. The highest BCUT2D eigenvalue weighted by atomic mass is 16.5. The van der Waals surface area contributed by atoms with Gasteiger partial charge in [0.2, 0.25) is 0 Å². The predicted octanol–water partition coefficient (Wildman–Crippen LogP) is 1.91. The maximum absolute atomic E-state index is 5.92. The number of nitrogens with two attached hydrogens (primary N) is 1. The third kappa shape index (κ3) is 2.17. The Morgan fingerprint density at radius 2 is 2.06 bits per heavy atom. The van der Waals surface area contributed by atoms with Gasteiger partial charge in [0.05, 0.1) is 38.1 Å². The Labute approximate surface area is 106 Å². The monoisotopic (exact) mass is 247 g/mol. The van der Waals surface area contributed by atoms with Crippen molar-refractivity contribution in [2.45, 2.75) is 13.0 Å². The molecule has 5 heteroatoms. The lowest BCUT2D eigenvalue weighted by molar-refractivity contribution is 0.393. The first-order valence-corrected chi connectivity index (χ1v) is 5.67. The van der Waals surface area contributed by atoms with Crippen molar-refractivity contribution in [1.82, 2.24) is 9.55 Å². The third-order valence-corrected chi connectivity index (χ3v) is 2.78. The average molecular weight is 247 g/mol. The average Bonchev–Trinajstić information content (AvgIpc) is 2.87. The molecule has 0 fully saturated rings. The van der Waals surface area contributed by atoms with Crippen molar-refractivity contribution in [1.29, 1.82) is 0 Å². The Kier molecular flexibility index (Phi) is 3.53. The van der Waals surface area contributed by atoms with Crippen LogP contribution < -0.4 is 15.2 Å². The van der Waals surface area contributed by atoms with Crippen molar-refractivity contribution in [2.24, 2.45) is 5.73 Å². The van der Waals surface area contributed by atoms with E-state index in [9.17, 15) is 0 Å². The molecule has 0 bridgehead atoms. The minimum absolute atomic E-state index is 0.0979. The van der Waals surface area contributed by atoms with E-state index < -0.39 is 0 Å². The second-order valence-corrected chi connectivity index (χ2v) is 4.01. The molecule has 1 heterocycles. The molecular formula is C13H17N3O2. The molecule has 5 nitrogen and oxygen atoms in total. The second-order valence-electron chi connectivity index (χ2n) is 4.01. The van der Waals surface area contributed by atoms with Crippen molar-refractivity contribution in [3.05, 3.63) is 36.4 Å². The second kappa shape index (κ2) is 5.10. The zero-order chi connectivity index (χ0) is 13.1. The minimum atomic E-state index is -0.0979. The predicted molar refractivity (Wildman–Crippen MR) is 69.3 cm³/mol. The fourth-order valence-electron chi connectivity index (χ4n) is 1.83. The van der Waals surface area contributed by atoms with Crippen molar-refractivity contribution in [3.8, 4) is 17.2 Å². The topological polar surface area (TPSA) is 62.3 Å². The van der Waals surface area contributed by atoms with Crippen LogP contribution in [0, 0.1) is 0 Å². The van der Waals surface area contributed by atoms with Gasteiger partial charge in [0.1, 0.15) is 11.5 Å². The molecule has 2 N–H and O–H groups in total. The molecule has 0 saturated carbocycles. The molecule has 0 aliphatic heterocycles. The highest BCUT2D eigenvalue weighted by Crippen LogP contribution is 2.29. The van der Waals surface area contributed by atoms with Gasteiger partial charge < -0.3 is 15.2 Å². The zero-order valence-corrected chi connectivity index (χ0v) is 10.8. The highest BCUT2D eigenvalue weighted by molar-refractivity contribution is 5.51. The largest absolute Gasteiger partial charge is 0.497 e. The summed E-state index contributed by atoms with van der Waals surface area (Å²) in [5, 5.41) is 0. The Bertz CT molecular complexity index is 535. The number of hydrogen-bond donors (Lipinski definition) is 1. The fraction of sp³-hybridized carbons (Fsp3) is 0.308. The third-order valence-electron chi connectivity index (χ3n) is 2.78. The van der Waals surface area contributed by atoms with Crippen LogP contribution in [-0.2, 0) is 0 Å². The number of rotatable bonds is 4. The lowest BCUT2D eigenvalue weighted by atomic mass is 10.2. The Balaban J connectivity index is 2.53. The van der Waals surface area contributed by atoms with Crippen molar-refractivity contribution in [3.63, 3.8) is 0 Å². The van der Waals surface area contributed by atoms with Crippen molar-refractivity contribution in [2.75, 3.05) is 14.2 Å². The number of imidazole rings is 1. The molecule has 0 saturated heterocycles. The molecule has 0 spiro atoms. The highest BCUT2D eigenvalue weighted by Gasteiger charge is 2.12. The van der Waals surface area contributed by atoms with E-state index in [0.29, 0.717) is 5.75 Å². The normalized spacial score (nSPS) is 12.2. The van der Waals surface area contributed by atoms with Gasteiger partial charge in [0.15, 0.2) is 0 Å². The van der Waals surface area contributed by atoms with Crippen LogP contribution in [0.3, 0.4) is 0 Å². The first-order chi connectivity index (χ1) is 8.67. The van der Waals surface area contributed by atoms with Gasteiger partial charge in [-0.3, -0.25) is 4.57 Å².